The molecular formula is C17H26O4. The first-order valence-corrected chi connectivity index (χ1v) is 7.78. The largest absolute Gasteiger partial charge is 0.349 e. The lowest BCUT2D eigenvalue weighted by molar-refractivity contribution is -0.152. The first-order valence-electron chi connectivity index (χ1n) is 7.78. The van der Waals surface area contributed by atoms with E-state index in [4.69, 9.17) is 9.47 Å². The van der Waals surface area contributed by atoms with Crippen molar-refractivity contribution in [2.75, 3.05) is 13.2 Å². The third kappa shape index (κ3) is 2.84. The Bertz CT molecular complexity index is 438. The van der Waals surface area contributed by atoms with Crippen molar-refractivity contribution in [2.45, 2.75) is 52.7 Å². The van der Waals surface area contributed by atoms with Crippen LogP contribution in [0.5, 0.6) is 0 Å². The minimum Gasteiger partial charge on any atom is -0.349 e. The first kappa shape index (κ1) is 16.4. The highest BCUT2D eigenvalue weighted by Gasteiger charge is 2.49. The van der Waals surface area contributed by atoms with Crippen molar-refractivity contribution >= 4 is 11.6 Å². The number of ether oxygens (including phenoxy) is 2. The molecule has 0 aromatic rings. The molecule has 3 atom stereocenters. The first-order chi connectivity index (χ1) is 9.84. The summed E-state index contributed by atoms with van der Waals surface area (Å²) in [5.74, 6) is 0.151. The summed E-state index contributed by atoms with van der Waals surface area (Å²) in [5.41, 5.74) is -1.46. The molecule has 2 rings (SSSR count). The van der Waals surface area contributed by atoms with Crippen LogP contribution in [0.15, 0.2) is 12.7 Å². The molecule has 0 N–H and O–H groups in total. The molecule has 0 amide bonds. The average molecular weight is 294 g/mol. The molecule has 0 aromatic heterocycles. The SMILES string of the molecule is C=CC(C)(CC(=O)[C@@]1(C)C(=O)CCC[C@H]1C)C1OCCO1. The highest BCUT2D eigenvalue weighted by Crippen LogP contribution is 2.43. The second-order valence-electron chi connectivity index (χ2n) is 6.80. The average Bonchev–Trinajstić information content (AvgIpc) is 2.99. The van der Waals surface area contributed by atoms with Gasteiger partial charge in [-0.05, 0) is 25.7 Å². The summed E-state index contributed by atoms with van der Waals surface area (Å²) in [5, 5.41) is 0. The second-order valence-corrected chi connectivity index (χ2v) is 6.80. The standard InChI is InChI=1S/C17H26O4/c1-5-16(3,15-20-9-10-21-15)11-14(19)17(4)12(2)7-6-8-13(17)18/h5,12,15H,1,6-11H2,2-4H3/t12-,16?,17-/m1/s1. The van der Waals surface area contributed by atoms with Gasteiger partial charge in [0, 0.05) is 18.3 Å². The molecule has 0 radical (unpaired) electrons. The molecule has 4 nitrogen and oxygen atoms in total. The summed E-state index contributed by atoms with van der Waals surface area (Å²) in [7, 11) is 0. The van der Waals surface area contributed by atoms with Crippen LogP contribution >= 0.6 is 0 Å². The summed E-state index contributed by atoms with van der Waals surface area (Å²) < 4.78 is 11.1. The number of hydrogen-bond acceptors (Lipinski definition) is 4. The number of Topliss-reactive ketones (excluding diaryl/α,β-unsaturated/α-hetero) is 2. The number of rotatable bonds is 5. The van der Waals surface area contributed by atoms with E-state index in [0.717, 1.165) is 12.8 Å². The molecule has 0 aromatic carbocycles. The molecule has 0 bridgehead atoms. The van der Waals surface area contributed by atoms with Crippen molar-refractivity contribution in [2.24, 2.45) is 16.7 Å². The second kappa shape index (κ2) is 6.01. The monoisotopic (exact) mass is 294 g/mol. The van der Waals surface area contributed by atoms with Gasteiger partial charge in [-0.2, -0.15) is 0 Å². The maximum atomic E-state index is 12.9. The van der Waals surface area contributed by atoms with Crippen LogP contribution in [0.1, 0.15) is 46.5 Å². The Morgan fingerprint density at radius 2 is 2.10 bits per heavy atom. The van der Waals surface area contributed by atoms with Crippen LogP contribution in [0.4, 0.5) is 0 Å². The van der Waals surface area contributed by atoms with Crippen molar-refractivity contribution in [1.82, 2.24) is 0 Å². The van der Waals surface area contributed by atoms with E-state index in [1.807, 2.05) is 13.8 Å². The lowest BCUT2D eigenvalue weighted by Crippen LogP contribution is -2.47. The molecule has 118 valence electrons. The van der Waals surface area contributed by atoms with Gasteiger partial charge in [0.15, 0.2) is 6.29 Å². The van der Waals surface area contributed by atoms with Crippen LogP contribution in [0.3, 0.4) is 0 Å². The molecule has 1 aliphatic heterocycles. The van der Waals surface area contributed by atoms with E-state index >= 15 is 0 Å². The predicted molar refractivity (Wildman–Crippen MR) is 79.7 cm³/mol. The molecule has 2 aliphatic rings. The van der Waals surface area contributed by atoms with Gasteiger partial charge >= 0.3 is 0 Å². The van der Waals surface area contributed by atoms with Crippen molar-refractivity contribution in [1.29, 1.82) is 0 Å². The molecule has 1 saturated heterocycles. The third-order valence-corrected chi connectivity index (χ3v) is 5.35. The molecule has 0 spiro atoms. The van der Waals surface area contributed by atoms with Gasteiger partial charge in [0.25, 0.3) is 0 Å². The van der Waals surface area contributed by atoms with Crippen molar-refractivity contribution in [3.63, 3.8) is 0 Å². The third-order valence-electron chi connectivity index (χ3n) is 5.35. The maximum absolute atomic E-state index is 12.9. The van der Waals surface area contributed by atoms with E-state index in [0.29, 0.717) is 19.6 Å². The molecule has 21 heavy (non-hydrogen) atoms. The van der Waals surface area contributed by atoms with Crippen LogP contribution in [-0.2, 0) is 19.1 Å². The van der Waals surface area contributed by atoms with E-state index in [9.17, 15) is 9.59 Å². The fraction of sp³-hybridized carbons (Fsp3) is 0.765. The van der Waals surface area contributed by atoms with Crippen molar-refractivity contribution in [3.05, 3.63) is 12.7 Å². The summed E-state index contributed by atoms with van der Waals surface area (Å²) in [6.07, 6.45) is 3.83. The van der Waals surface area contributed by atoms with Crippen LogP contribution in [-0.4, -0.2) is 31.1 Å². The van der Waals surface area contributed by atoms with E-state index < -0.39 is 17.1 Å². The van der Waals surface area contributed by atoms with Crippen LogP contribution in [0.2, 0.25) is 0 Å². The fourth-order valence-corrected chi connectivity index (χ4v) is 3.34. The molecule has 2 fully saturated rings. The molecule has 1 saturated carbocycles. The lowest BCUT2D eigenvalue weighted by atomic mass is 9.62. The van der Waals surface area contributed by atoms with Crippen LogP contribution in [0, 0.1) is 16.7 Å². The Morgan fingerprint density at radius 3 is 2.62 bits per heavy atom. The minimum atomic E-state index is -0.874. The van der Waals surface area contributed by atoms with Gasteiger partial charge in [-0.25, -0.2) is 0 Å². The quantitative estimate of drug-likeness (QED) is 0.578. The Morgan fingerprint density at radius 1 is 1.48 bits per heavy atom. The van der Waals surface area contributed by atoms with Crippen molar-refractivity contribution < 1.29 is 19.1 Å². The van der Waals surface area contributed by atoms with E-state index in [1.54, 1.807) is 13.0 Å². The normalized spacial score (nSPS) is 33.7. The predicted octanol–water partition coefficient (Wildman–Crippen LogP) is 2.91. The summed E-state index contributed by atoms with van der Waals surface area (Å²) in [6.45, 7) is 10.6. The number of carbonyl (C=O) groups is 2. The lowest BCUT2D eigenvalue weighted by Gasteiger charge is -2.39. The zero-order valence-corrected chi connectivity index (χ0v) is 13.3. The number of carbonyl (C=O) groups excluding carboxylic acids is 2. The molecule has 1 unspecified atom stereocenters. The zero-order chi connectivity index (χ0) is 15.7. The van der Waals surface area contributed by atoms with Gasteiger partial charge in [-0.1, -0.05) is 19.9 Å². The fourth-order valence-electron chi connectivity index (χ4n) is 3.34. The molecule has 4 heteroatoms. The smallest absolute Gasteiger partial charge is 0.166 e. The topological polar surface area (TPSA) is 52.6 Å². The molecular weight excluding hydrogens is 268 g/mol. The van der Waals surface area contributed by atoms with Gasteiger partial charge in [-0.15, -0.1) is 6.58 Å². The van der Waals surface area contributed by atoms with E-state index in [2.05, 4.69) is 6.58 Å². The van der Waals surface area contributed by atoms with Gasteiger partial charge in [0.05, 0.1) is 18.6 Å². The molecule has 1 aliphatic carbocycles. The van der Waals surface area contributed by atoms with Gasteiger partial charge in [-0.3, -0.25) is 9.59 Å². The van der Waals surface area contributed by atoms with Crippen LogP contribution < -0.4 is 0 Å². The van der Waals surface area contributed by atoms with Crippen molar-refractivity contribution in [3.8, 4) is 0 Å². The summed E-state index contributed by atoms with van der Waals surface area (Å²) in [6, 6.07) is 0. The highest BCUT2D eigenvalue weighted by molar-refractivity contribution is 6.07. The number of hydrogen-bond donors (Lipinski definition) is 0. The Kier molecular flexibility index (Phi) is 4.69. The highest BCUT2D eigenvalue weighted by atomic mass is 16.7. The Hall–Kier alpha value is -1.00. The van der Waals surface area contributed by atoms with E-state index in [1.165, 1.54) is 0 Å². The molecule has 1 heterocycles. The summed E-state index contributed by atoms with van der Waals surface area (Å²) >= 11 is 0. The Balaban J connectivity index is 2.18. The van der Waals surface area contributed by atoms with Gasteiger partial charge < -0.3 is 9.47 Å². The summed E-state index contributed by atoms with van der Waals surface area (Å²) in [4.78, 5) is 25.2. The minimum absolute atomic E-state index is 0.0128. The van der Waals surface area contributed by atoms with Gasteiger partial charge in [0.2, 0.25) is 0 Å². The van der Waals surface area contributed by atoms with Gasteiger partial charge in [0.1, 0.15) is 11.6 Å². The van der Waals surface area contributed by atoms with Crippen LogP contribution in [0.25, 0.3) is 0 Å². The number of ketones is 2. The zero-order valence-electron chi connectivity index (χ0n) is 13.3. The van der Waals surface area contributed by atoms with E-state index in [-0.39, 0.29) is 23.9 Å². The Labute approximate surface area is 126 Å². The maximum Gasteiger partial charge on any atom is 0.166 e.